The van der Waals surface area contributed by atoms with Crippen molar-refractivity contribution >= 4 is 5.91 Å². The number of aliphatic hydroxyl groups is 1. The molecule has 0 atom stereocenters. The molecule has 27 heavy (non-hydrogen) atoms. The number of nitrogens with zero attached hydrogens (tertiary/aromatic N) is 4. The molecule has 140 valence electrons. The van der Waals surface area contributed by atoms with Gasteiger partial charge in [-0.15, -0.1) is 5.10 Å². The summed E-state index contributed by atoms with van der Waals surface area (Å²) in [5.74, 6) is 0.364. The highest BCUT2D eigenvalue weighted by Gasteiger charge is 2.25. The highest BCUT2D eigenvalue weighted by molar-refractivity contribution is 5.93. The Bertz CT molecular complexity index is 897. The maximum atomic E-state index is 12.5. The van der Waals surface area contributed by atoms with E-state index in [1.54, 1.807) is 12.3 Å². The van der Waals surface area contributed by atoms with Crippen molar-refractivity contribution in [2.75, 3.05) is 0 Å². The predicted octanol–water partition coefficient (Wildman–Crippen LogP) is 2.34. The minimum absolute atomic E-state index is 0.103. The molecule has 0 unspecified atom stereocenters. The fraction of sp³-hybridized carbons (Fsp3) is 0.368. The summed E-state index contributed by atoms with van der Waals surface area (Å²) < 4.78 is 7.11. The van der Waals surface area contributed by atoms with Crippen LogP contribution in [0.1, 0.15) is 47.9 Å². The van der Waals surface area contributed by atoms with Gasteiger partial charge in [-0.05, 0) is 25.7 Å². The topological polar surface area (TPSA) is 106 Å². The summed E-state index contributed by atoms with van der Waals surface area (Å²) in [7, 11) is 0. The maximum Gasteiger partial charge on any atom is 0.273 e. The lowest BCUT2D eigenvalue weighted by Crippen LogP contribution is -2.38. The second-order valence-corrected chi connectivity index (χ2v) is 6.77. The lowest BCUT2D eigenvalue weighted by Gasteiger charge is -2.28. The van der Waals surface area contributed by atoms with Crippen LogP contribution in [-0.4, -0.2) is 37.2 Å². The normalized spacial score (nSPS) is 19.7. The van der Waals surface area contributed by atoms with E-state index >= 15 is 0 Å². The lowest BCUT2D eigenvalue weighted by molar-refractivity contribution is 0.0912. The van der Waals surface area contributed by atoms with Crippen molar-refractivity contribution in [3.63, 3.8) is 0 Å². The van der Waals surface area contributed by atoms with Crippen LogP contribution < -0.4 is 5.32 Å². The van der Waals surface area contributed by atoms with E-state index in [4.69, 9.17) is 9.63 Å². The highest BCUT2D eigenvalue weighted by atomic mass is 16.5. The van der Waals surface area contributed by atoms with E-state index in [1.807, 2.05) is 35.0 Å². The third-order valence-electron chi connectivity index (χ3n) is 4.93. The van der Waals surface area contributed by atoms with Crippen molar-refractivity contribution in [3.05, 3.63) is 54.0 Å². The number of carbonyl (C=O) groups excluding carboxylic acids is 1. The Morgan fingerprint density at radius 2 is 2.00 bits per heavy atom. The Kier molecular flexibility index (Phi) is 4.97. The molecular weight excluding hydrogens is 346 g/mol. The Morgan fingerprint density at radius 3 is 2.70 bits per heavy atom. The van der Waals surface area contributed by atoms with Crippen LogP contribution in [-0.2, 0) is 6.61 Å². The minimum Gasteiger partial charge on any atom is -0.390 e. The standard InChI is InChI=1S/C19H21N5O3/c25-12-15-11-24(23-21-15)16-8-6-14(7-9-16)20-19(26)17-10-18(27-22-17)13-4-2-1-3-5-13/h1-5,10-11,14,16,25H,6-9,12H2,(H,20,26). The first-order valence-electron chi connectivity index (χ1n) is 9.07. The van der Waals surface area contributed by atoms with Gasteiger partial charge in [0.2, 0.25) is 0 Å². The molecular formula is C19H21N5O3. The summed E-state index contributed by atoms with van der Waals surface area (Å²) in [5, 5.41) is 24.0. The second-order valence-electron chi connectivity index (χ2n) is 6.77. The van der Waals surface area contributed by atoms with E-state index in [0.717, 1.165) is 31.2 Å². The largest absolute Gasteiger partial charge is 0.390 e. The molecule has 0 aliphatic heterocycles. The summed E-state index contributed by atoms with van der Waals surface area (Å²) in [6.45, 7) is -0.103. The molecule has 8 heteroatoms. The Hall–Kier alpha value is -3.00. The molecule has 3 aromatic rings. The first-order chi connectivity index (χ1) is 13.2. The molecule has 1 aliphatic carbocycles. The Labute approximate surface area is 156 Å². The van der Waals surface area contributed by atoms with E-state index < -0.39 is 0 Å². The van der Waals surface area contributed by atoms with Gasteiger partial charge >= 0.3 is 0 Å². The van der Waals surface area contributed by atoms with Gasteiger partial charge in [-0.25, -0.2) is 4.68 Å². The smallest absolute Gasteiger partial charge is 0.273 e. The van der Waals surface area contributed by atoms with Crippen LogP contribution >= 0.6 is 0 Å². The van der Waals surface area contributed by atoms with Crippen LogP contribution in [0.3, 0.4) is 0 Å². The third-order valence-corrected chi connectivity index (χ3v) is 4.93. The molecule has 2 N–H and O–H groups in total. The fourth-order valence-electron chi connectivity index (χ4n) is 3.43. The van der Waals surface area contributed by atoms with Crippen molar-refractivity contribution in [3.8, 4) is 11.3 Å². The first kappa shape index (κ1) is 17.4. The van der Waals surface area contributed by atoms with Gasteiger partial charge in [-0.3, -0.25) is 4.79 Å². The SMILES string of the molecule is O=C(NC1CCC(n2cc(CO)nn2)CC1)c1cc(-c2ccccc2)on1. The molecule has 0 spiro atoms. The number of aromatic nitrogens is 4. The van der Waals surface area contributed by atoms with E-state index in [1.165, 1.54) is 0 Å². The number of benzene rings is 1. The fourth-order valence-corrected chi connectivity index (χ4v) is 3.43. The van der Waals surface area contributed by atoms with Crippen molar-refractivity contribution in [2.24, 2.45) is 0 Å². The number of hydrogen-bond acceptors (Lipinski definition) is 6. The second kappa shape index (κ2) is 7.71. The summed E-state index contributed by atoms with van der Waals surface area (Å²) in [6.07, 6.45) is 5.28. The Balaban J connectivity index is 1.32. The number of hydrogen-bond donors (Lipinski definition) is 2. The van der Waals surface area contributed by atoms with Gasteiger partial charge in [0, 0.05) is 17.7 Å². The first-order valence-corrected chi connectivity index (χ1v) is 9.07. The van der Waals surface area contributed by atoms with Crippen LogP contribution in [0, 0.1) is 0 Å². The molecule has 2 aromatic heterocycles. The van der Waals surface area contributed by atoms with Gasteiger partial charge in [-0.2, -0.15) is 0 Å². The highest BCUT2D eigenvalue weighted by Crippen LogP contribution is 2.28. The number of aliphatic hydroxyl groups excluding tert-OH is 1. The molecule has 1 aromatic carbocycles. The predicted molar refractivity (Wildman–Crippen MR) is 96.6 cm³/mol. The average Bonchev–Trinajstić information content (AvgIpc) is 3.39. The Morgan fingerprint density at radius 1 is 1.22 bits per heavy atom. The molecule has 1 fully saturated rings. The molecule has 0 bridgehead atoms. The van der Waals surface area contributed by atoms with Crippen molar-refractivity contribution in [2.45, 2.75) is 44.4 Å². The monoisotopic (exact) mass is 367 g/mol. The molecule has 1 amide bonds. The molecule has 1 aliphatic rings. The molecule has 4 rings (SSSR count). The average molecular weight is 367 g/mol. The zero-order valence-corrected chi connectivity index (χ0v) is 14.8. The van der Waals surface area contributed by atoms with Crippen LogP contribution in [0.5, 0.6) is 0 Å². The lowest BCUT2D eigenvalue weighted by atomic mass is 9.91. The third kappa shape index (κ3) is 3.90. The van der Waals surface area contributed by atoms with Crippen molar-refractivity contribution in [1.29, 1.82) is 0 Å². The van der Waals surface area contributed by atoms with Crippen molar-refractivity contribution in [1.82, 2.24) is 25.5 Å². The van der Waals surface area contributed by atoms with Gasteiger partial charge in [0.05, 0.1) is 18.8 Å². The summed E-state index contributed by atoms with van der Waals surface area (Å²) in [5.41, 5.74) is 1.75. The summed E-state index contributed by atoms with van der Waals surface area (Å²) in [4.78, 5) is 12.5. The number of rotatable bonds is 5. The van der Waals surface area contributed by atoms with Gasteiger partial charge in [0.1, 0.15) is 5.69 Å². The minimum atomic E-state index is -0.215. The molecule has 0 radical (unpaired) electrons. The summed E-state index contributed by atoms with van der Waals surface area (Å²) >= 11 is 0. The maximum absolute atomic E-state index is 12.5. The van der Waals surface area contributed by atoms with E-state index in [2.05, 4.69) is 20.8 Å². The molecule has 0 saturated heterocycles. The molecule has 2 heterocycles. The number of carbonyl (C=O) groups is 1. The zero-order valence-electron chi connectivity index (χ0n) is 14.8. The number of nitrogens with one attached hydrogen (secondary N) is 1. The van der Waals surface area contributed by atoms with E-state index in [9.17, 15) is 4.79 Å². The van der Waals surface area contributed by atoms with E-state index in [-0.39, 0.29) is 24.6 Å². The number of amides is 1. The molecule has 8 nitrogen and oxygen atoms in total. The van der Waals surface area contributed by atoms with Crippen LogP contribution in [0.25, 0.3) is 11.3 Å². The van der Waals surface area contributed by atoms with Gasteiger partial charge < -0.3 is 14.9 Å². The van der Waals surface area contributed by atoms with Gasteiger partial charge in [0.15, 0.2) is 11.5 Å². The van der Waals surface area contributed by atoms with Crippen molar-refractivity contribution < 1.29 is 14.4 Å². The molecule has 1 saturated carbocycles. The van der Waals surface area contributed by atoms with Crippen LogP contribution in [0.4, 0.5) is 0 Å². The van der Waals surface area contributed by atoms with Gasteiger partial charge in [0.25, 0.3) is 5.91 Å². The van der Waals surface area contributed by atoms with E-state index in [0.29, 0.717) is 17.1 Å². The zero-order chi connectivity index (χ0) is 18.6. The van der Waals surface area contributed by atoms with Gasteiger partial charge in [-0.1, -0.05) is 40.7 Å². The quantitative estimate of drug-likeness (QED) is 0.717. The summed E-state index contributed by atoms with van der Waals surface area (Å²) in [6, 6.07) is 11.6. The van der Waals surface area contributed by atoms with Crippen LogP contribution in [0.2, 0.25) is 0 Å². The van der Waals surface area contributed by atoms with Crippen LogP contribution in [0.15, 0.2) is 47.1 Å².